The fourth-order valence-corrected chi connectivity index (χ4v) is 2.82. The number of likely N-dealkylation sites (tertiary alicyclic amines) is 1. The lowest BCUT2D eigenvalue weighted by atomic mass is 10.1. The molecule has 0 radical (unpaired) electrons. The van der Waals surface area contributed by atoms with Gasteiger partial charge in [-0.3, -0.25) is 9.69 Å². The van der Waals surface area contributed by atoms with Crippen LogP contribution in [-0.4, -0.2) is 41.8 Å². The number of carbonyl (C=O) groups is 3. The second-order valence-corrected chi connectivity index (χ2v) is 5.93. The van der Waals surface area contributed by atoms with E-state index in [1.165, 1.54) is 4.90 Å². The molecule has 2 rings (SSSR count). The zero-order valence-electron chi connectivity index (χ0n) is 13.9. The average Bonchev–Trinajstić information content (AvgIpc) is 3.10. The Morgan fingerprint density at radius 2 is 2.12 bits per heavy atom. The van der Waals surface area contributed by atoms with Gasteiger partial charge in [-0.15, -0.1) is 0 Å². The topological polar surface area (TPSA) is 75.7 Å². The summed E-state index contributed by atoms with van der Waals surface area (Å²) in [4.78, 5) is 37.1. The van der Waals surface area contributed by atoms with E-state index in [9.17, 15) is 14.4 Å². The number of hydrogen-bond acceptors (Lipinski definition) is 4. The van der Waals surface area contributed by atoms with Crippen LogP contribution in [0.15, 0.2) is 30.3 Å². The largest absolute Gasteiger partial charge is 0.445 e. The Hall–Kier alpha value is -2.37. The van der Waals surface area contributed by atoms with E-state index in [0.29, 0.717) is 19.4 Å². The predicted molar refractivity (Wildman–Crippen MR) is 89.3 cm³/mol. The van der Waals surface area contributed by atoms with Gasteiger partial charge in [0.25, 0.3) is 0 Å². The molecule has 1 N–H and O–H groups in total. The van der Waals surface area contributed by atoms with Gasteiger partial charge in [0, 0.05) is 6.54 Å². The molecule has 0 saturated carbocycles. The monoisotopic (exact) mass is 332 g/mol. The number of nitrogens with zero attached hydrogens (tertiary/aromatic N) is 1. The Morgan fingerprint density at radius 1 is 1.38 bits per heavy atom. The standard InChI is InChI=1S/C18H24N2O4/c1-2-7-15(12-21)19-17(22)16-10-6-11-20(16)18(23)24-13-14-8-4-3-5-9-14/h3-5,8-9,12,15-16H,2,6-7,10-11,13H2,1H3,(H,19,22)/t15?,16-/m0/s1. The molecule has 1 fully saturated rings. The first-order chi connectivity index (χ1) is 11.7. The highest BCUT2D eigenvalue weighted by Gasteiger charge is 2.35. The molecule has 0 aromatic heterocycles. The van der Waals surface area contributed by atoms with Crippen molar-refractivity contribution in [3.63, 3.8) is 0 Å². The van der Waals surface area contributed by atoms with Crippen LogP contribution >= 0.6 is 0 Å². The number of rotatable bonds is 7. The second kappa shape index (κ2) is 9.05. The van der Waals surface area contributed by atoms with Crippen molar-refractivity contribution < 1.29 is 19.1 Å². The third-order valence-electron chi connectivity index (χ3n) is 4.09. The summed E-state index contributed by atoms with van der Waals surface area (Å²) in [6, 6.07) is 8.34. The van der Waals surface area contributed by atoms with Crippen molar-refractivity contribution in [3.05, 3.63) is 35.9 Å². The van der Waals surface area contributed by atoms with E-state index < -0.39 is 18.2 Å². The summed E-state index contributed by atoms with van der Waals surface area (Å²) in [6.07, 6.45) is 2.99. The van der Waals surface area contributed by atoms with Gasteiger partial charge in [-0.1, -0.05) is 43.7 Å². The van der Waals surface area contributed by atoms with Crippen molar-refractivity contribution in [2.75, 3.05) is 6.54 Å². The van der Waals surface area contributed by atoms with E-state index in [4.69, 9.17) is 4.74 Å². The highest BCUT2D eigenvalue weighted by atomic mass is 16.6. The van der Waals surface area contributed by atoms with Gasteiger partial charge in [-0.05, 0) is 24.8 Å². The predicted octanol–water partition coefficient (Wildman–Crippen LogP) is 2.27. The smallest absolute Gasteiger partial charge is 0.410 e. The average molecular weight is 332 g/mol. The van der Waals surface area contributed by atoms with Crippen molar-refractivity contribution in [3.8, 4) is 0 Å². The first kappa shape index (κ1) is 18.0. The fraction of sp³-hybridized carbons (Fsp3) is 0.500. The van der Waals surface area contributed by atoms with Crippen LogP contribution in [0.4, 0.5) is 4.79 Å². The van der Waals surface area contributed by atoms with E-state index in [2.05, 4.69) is 5.32 Å². The number of benzene rings is 1. The van der Waals surface area contributed by atoms with Gasteiger partial charge in [0.15, 0.2) is 0 Å². The van der Waals surface area contributed by atoms with Gasteiger partial charge in [-0.2, -0.15) is 0 Å². The van der Waals surface area contributed by atoms with Gasteiger partial charge in [0.1, 0.15) is 18.9 Å². The number of aldehydes is 1. The van der Waals surface area contributed by atoms with E-state index in [-0.39, 0.29) is 12.5 Å². The Labute approximate surface area is 142 Å². The maximum atomic E-state index is 12.4. The van der Waals surface area contributed by atoms with Crippen molar-refractivity contribution in [2.24, 2.45) is 0 Å². The number of ether oxygens (including phenoxy) is 1. The molecule has 24 heavy (non-hydrogen) atoms. The summed E-state index contributed by atoms with van der Waals surface area (Å²) in [7, 11) is 0. The SMILES string of the molecule is CCCC(C=O)NC(=O)[C@@H]1CCCN1C(=O)OCc1ccccc1. The van der Waals surface area contributed by atoms with Gasteiger partial charge >= 0.3 is 6.09 Å². The molecule has 1 heterocycles. The second-order valence-electron chi connectivity index (χ2n) is 5.93. The van der Waals surface area contributed by atoms with Crippen LogP contribution in [0.2, 0.25) is 0 Å². The summed E-state index contributed by atoms with van der Waals surface area (Å²) in [5.74, 6) is -0.283. The van der Waals surface area contributed by atoms with Crippen molar-refractivity contribution in [1.29, 1.82) is 0 Å². The van der Waals surface area contributed by atoms with Crippen molar-refractivity contribution >= 4 is 18.3 Å². The third kappa shape index (κ3) is 4.81. The van der Waals surface area contributed by atoms with E-state index in [1.807, 2.05) is 37.3 Å². The van der Waals surface area contributed by atoms with Gasteiger partial charge in [0.2, 0.25) is 5.91 Å². The maximum absolute atomic E-state index is 12.4. The van der Waals surface area contributed by atoms with Crippen LogP contribution in [0.3, 0.4) is 0 Å². The highest BCUT2D eigenvalue weighted by molar-refractivity contribution is 5.88. The lowest BCUT2D eigenvalue weighted by Crippen LogP contribution is -2.49. The van der Waals surface area contributed by atoms with Gasteiger partial charge < -0.3 is 14.8 Å². The van der Waals surface area contributed by atoms with Gasteiger partial charge in [0.05, 0.1) is 6.04 Å². The quantitative estimate of drug-likeness (QED) is 0.777. The summed E-state index contributed by atoms with van der Waals surface area (Å²) >= 11 is 0. The third-order valence-corrected chi connectivity index (χ3v) is 4.09. The van der Waals surface area contributed by atoms with Crippen LogP contribution in [0.25, 0.3) is 0 Å². The zero-order chi connectivity index (χ0) is 17.4. The lowest BCUT2D eigenvalue weighted by Gasteiger charge is -2.24. The van der Waals surface area contributed by atoms with Crippen molar-refractivity contribution in [1.82, 2.24) is 10.2 Å². The molecule has 1 aromatic carbocycles. The van der Waals surface area contributed by atoms with E-state index in [1.54, 1.807) is 0 Å². The highest BCUT2D eigenvalue weighted by Crippen LogP contribution is 2.19. The first-order valence-corrected chi connectivity index (χ1v) is 8.38. The number of hydrogen-bond donors (Lipinski definition) is 1. The minimum atomic E-state index is -0.562. The van der Waals surface area contributed by atoms with Crippen LogP contribution in [-0.2, 0) is 20.9 Å². The summed E-state index contributed by atoms with van der Waals surface area (Å²) < 4.78 is 5.31. The van der Waals surface area contributed by atoms with E-state index in [0.717, 1.165) is 24.7 Å². The number of carbonyl (C=O) groups excluding carboxylic acids is 3. The molecule has 6 heteroatoms. The molecule has 6 nitrogen and oxygen atoms in total. The van der Waals surface area contributed by atoms with Crippen molar-refractivity contribution in [2.45, 2.75) is 51.3 Å². The molecule has 2 amide bonds. The van der Waals surface area contributed by atoms with Crippen LogP contribution in [0.5, 0.6) is 0 Å². The fourth-order valence-electron chi connectivity index (χ4n) is 2.82. The maximum Gasteiger partial charge on any atom is 0.410 e. The summed E-state index contributed by atoms with van der Waals surface area (Å²) in [6.45, 7) is 2.62. The number of nitrogens with one attached hydrogen (secondary N) is 1. The molecule has 0 bridgehead atoms. The minimum Gasteiger partial charge on any atom is -0.445 e. The Morgan fingerprint density at radius 3 is 2.79 bits per heavy atom. The normalized spacial score (nSPS) is 18.0. The molecule has 2 atom stereocenters. The molecular formula is C18H24N2O4. The Bertz CT molecular complexity index is 561. The molecule has 1 saturated heterocycles. The molecule has 1 aliphatic heterocycles. The van der Waals surface area contributed by atoms with Crippen LogP contribution in [0.1, 0.15) is 38.2 Å². The van der Waals surface area contributed by atoms with Gasteiger partial charge in [-0.25, -0.2) is 4.79 Å². The molecule has 130 valence electrons. The zero-order valence-corrected chi connectivity index (χ0v) is 13.9. The summed E-state index contributed by atoms with van der Waals surface area (Å²) in [5.41, 5.74) is 0.898. The van der Waals surface area contributed by atoms with E-state index >= 15 is 0 Å². The van der Waals surface area contributed by atoms with Crippen LogP contribution in [0, 0.1) is 0 Å². The molecule has 1 unspecified atom stereocenters. The molecule has 1 aromatic rings. The molecular weight excluding hydrogens is 308 g/mol. The minimum absolute atomic E-state index is 0.178. The summed E-state index contributed by atoms with van der Waals surface area (Å²) in [5, 5.41) is 2.71. The Kier molecular flexibility index (Phi) is 6.78. The molecule has 1 aliphatic rings. The molecule has 0 spiro atoms. The van der Waals surface area contributed by atoms with Crippen LogP contribution < -0.4 is 5.32 Å². The number of amides is 2. The molecule has 0 aliphatic carbocycles. The Balaban J connectivity index is 1.90. The first-order valence-electron chi connectivity index (χ1n) is 8.38. The lowest BCUT2D eigenvalue weighted by molar-refractivity contribution is -0.127.